The molecule has 1 fully saturated rings. The molecule has 0 saturated carbocycles. The Morgan fingerprint density at radius 3 is 2.94 bits per heavy atom. The molecule has 1 saturated heterocycles. The molecular weight excluding hydrogens is 198 g/mol. The van der Waals surface area contributed by atoms with E-state index in [2.05, 4.69) is 29.6 Å². The Morgan fingerprint density at radius 2 is 2.12 bits per heavy atom. The average molecular weight is 215 g/mol. The molecule has 1 aliphatic carbocycles. The molecular formula is C14H17NO. The molecule has 2 heteroatoms. The van der Waals surface area contributed by atoms with E-state index in [1.54, 1.807) is 0 Å². The Balaban J connectivity index is 1.67. The lowest BCUT2D eigenvalue weighted by molar-refractivity contribution is -0.124. The summed E-state index contributed by atoms with van der Waals surface area (Å²) in [5.41, 5.74) is 2.95. The summed E-state index contributed by atoms with van der Waals surface area (Å²) in [6.45, 7) is 1.76. The number of benzene rings is 1. The van der Waals surface area contributed by atoms with E-state index in [9.17, 15) is 4.79 Å². The normalized spacial score (nSPS) is 28.4. The van der Waals surface area contributed by atoms with Gasteiger partial charge in [0.25, 0.3) is 0 Å². The number of piperidine rings is 1. The molecule has 0 radical (unpaired) electrons. The van der Waals surface area contributed by atoms with E-state index in [4.69, 9.17) is 0 Å². The van der Waals surface area contributed by atoms with Crippen molar-refractivity contribution in [3.8, 4) is 0 Å². The lowest BCUT2D eigenvalue weighted by Gasteiger charge is -2.33. The summed E-state index contributed by atoms with van der Waals surface area (Å²) in [6, 6.07) is 8.62. The third kappa shape index (κ3) is 1.67. The Labute approximate surface area is 96.1 Å². The molecule has 16 heavy (non-hydrogen) atoms. The van der Waals surface area contributed by atoms with Crippen LogP contribution in [0.4, 0.5) is 0 Å². The molecule has 0 bridgehead atoms. The zero-order valence-electron chi connectivity index (χ0n) is 9.41. The summed E-state index contributed by atoms with van der Waals surface area (Å²) in [4.78, 5) is 11.7. The fourth-order valence-corrected chi connectivity index (χ4v) is 2.94. The van der Waals surface area contributed by atoms with Crippen LogP contribution >= 0.6 is 0 Å². The molecule has 1 heterocycles. The first-order chi connectivity index (χ1) is 7.84. The number of fused-ring (bicyclic) bond motifs is 1. The summed E-state index contributed by atoms with van der Waals surface area (Å²) in [6.07, 6.45) is 2.93. The molecule has 1 aromatic carbocycles. The maximum atomic E-state index is 11.7. The molecule has 2 aliphatic rings. The quantitative estimate of drug-likeness (QED) is 0.816. The minimum atomic E-state index is 0.257. The first-order valence-electron chi connectivity index (χ1n) is 6.16. The first kappa shape index (κ1) is 10.0. The first-order valence-corrected chi connectivity index (χ1v) is 6.16. The van der Waals surface area contributed by atoms with Gasteiger partial charge in [0.05, 0.1) is 0 Å². The van der Waals surface area contributed by atoms with Crippen LogP contribution in [0, 0.1) is 5.92 Å². The zero-order chi connectivity index (χ0) is 11.0. The Morgan fingerprint density at radius 1 is 1.25 bits per heavy atom. The number of hydrogen-bond acceptors (Lipinski definition) is 2. The molecule has 2 atom stereocenters. The number of carbonyl (C=O) groups excluding carboxylic acids is 1. The van der Waals surface area contributed by atoms with Crippen LogP contribution in [0.15, 0.2) is 24.3 Å². The second-order valence-corrected chi connectivity index (χ2v) is 4.95. The van der Waals surface area contributed by atoms with Crippen LogP contribution in [0.2, 0.25) is 0 Å². The lowest BCUT2D eigenvalue weighted by Crippen LogP contribution is -2.38. The highest BCUT2D eigenvalue weighted by Gasteiger charge is 2.31. The minimum Gasteiger partial charge on any atom is -0.316 e. The van der Waals surface area contributed by atoms with Gasteiger partial charge in [-0.05, 0) is 29.9 Å². The van der Waals surface area contributed by atoms with Crippen molar-refractivity contribution in [1.29, 1.82) is 0 Å². The highest BCUT2D eigenvalue weighted by atomic mass is 16.1. The summed E-state index contributed by atoms with van der Waals surface area (Å²) >= 11 is 0. The predicted molar refractivity (Wildman–Crippen MR) is 63.5 cm³/mol. The van der Waals surface area contributed by atoms with Crippen LogP contribution in [0.5, 0.6) is 0 Å². The Bertz CT molecular complexity index is 413. The molecule has 2 nitrogen and oxygen atoms in total. The number of nitrogens with one attached hydrogen (secondary N) is 1. The highest BCUT2D eigenvalue weighted by Crippen LogP contribution is 2.39. The SMILES string of the molecule is O=C1CCNCC1CC1Cc2ccccc21. The van der Waals surface area contributed by atoms with E-state index in [1.165, 1.54) is 17.5 Å². The standard InChI is InChI=1S/C14H17NO/c16-14-5-6-15-9-12(14)8-11-7-10-3-1-2-4-13(10)11/h1-4,11-12,15H,5-9H2. The van der Waals surface area contributed by atoms with Crippen LogP contribution in [-0.2, 0) is 11.2 Å². The van der Waals surface area contributed by atoms with Crippen LogP contribution in [-0.4, -0.2) is 18.9 Å². The van der Waals surface area contributed by atoms with Gasteiger partial charge in [-0.1, -0.05) is 24.3 Å². The van der Waals surface area contributed by atoms with Crippen LogP contribution in [0.3, 0.4) is 0 Å². The molecule has 0 aromatic heterocycles. The lowest BCUT2D eigenvalue weighted by atomic mass is 9.72. The number of Topliss-reactive ketones (excluding diaryl/α,β-unsaturated/α-hetero) is 1. The van der Waals surface area contributed by atoms with E-state index in [0.29, 0.717) is 11.7 Å². The van der Waals surface area contributed by atoms with Gasteiger partial charge in [0.15, 0.2) is 0 Å². The second-order valence-electron chi connectivity index (χ2n) is 4.95. The summed E-state index contributed by atoms with van der Waals surface area (Å²) < 4.78 is 0. The van der Waals surface area contributed by atoms with E-state index >= 15 is 0 Å². The van der Waals surface area contributed by atoms with Gasteiger partial charge in [-0.25, -0.2) is 0 Å². The van der Waals surface area contributed by atoms with E-state index in [-0.39, 0.29) is 5.92 Å². The van der Waals surface area contributed by atoms with Crippen molar-refractivity contribution >= 4 is 5.78 Å². The fraction of sp³-hybridized carbons (Fsp3) is 0.500. The summed E-state index contributed by atoms with van der Waals surface area (Å²) in [5, 5.41) is 3.32. The van der Waals surface area contributed by atoms with Crippen LogP contribution in [0.1, 0.15) is 29.9 Å². The molecule has 84 valence electrons. The molecule has 1 aromatic rings. The van der Waals surface area contributed by atoms with E-state index in [1.807, 2.05) is 0 Å². The van der Waals surface area contributed by atoms with Gasteiger partial charge in [0, 0.05) is 25.4 Å². The minimum absolute atomic E-state index is 0.257. The molecule has 2 unspecified atom stereocenters. The Hall–Kier alpha value is -1.15. The smallest absolute Gasteiger partial charge is 0.138 e. The maximum Gasteiger partial charge on any atom is 0.138 e. The van der Waals surface area contributed by atoms with E-state index < -0.39 is 0 Å². The van der Waals surface area contributed by atoms with Gasteiger partial charge in [0.2, 0.25) is 0 Å². The average Bonchev–Trinajstić information content (AvgIpc) is 2.28. The zero-order valence-corrected chi connectivity index (χ0v) is 9.41. The summed E-state index contributed by atoms with van der Waals surface area (Å²) in [7, 11) is 0. The van der Waals surface area contributed by atoms with Crippen molar-refractivity contribution < 1.29 is 4.79 Å². The van der Waals surface area contributed by atoms with Crippen molar-refractivity contribution in [1.82, 2.24) is 5.32 Å². The monoisotopic (exact) mass is 215 g/mol. The van der Waals surface area contributed by atoms with Gasteiger partial charge in [-0.15, -0.1) is 0 Å². The van der Waals surface area contributed by atoms with Crippen LogP contribution in [0.25, 0.3) is 0 Å². The molecule has 0 spiro atoms. The molecule has 3 rings (SSSR count). The van der Waals surface area contributed by atoms with Gasteiger partial charge in [-0.3, -0.25) is 4.79 Å². The van der Waals surface area contributed by atoms with Crippen molar-refractivity contribution in [2.75, 3.05) is 13.1 Å². The Kier molecular flexibility index (Phi) is 2.52. The topological polar surface area (TPSA) is 29.1 Å². The number of rotatable bonds is 2. The van der Waals surface area contributed by atoms with E-state index in [0.717, 1.165) is 25.9 Å². The molecule has 1 N–H and O–H groups in total. The van der Waals surface area contributed by atoms with Crippen molar-refractivity contribution in [3.63, 3.8) is 0 Å². The third-order valence-electron chi connectivity index (χ3n) is 3.92. The largest absolute Gasteiger partial charge is 0.316 e. The van der Waals surface area contributed by atoms with Gasteiger partial charge in [-0.2, -0.15) is 0 Å². The predicted octanol–water partition coefficient (Wildman–Crippen LogP) is 1.90. The summed E-state index contributed by atoms with van der Waals surface area (Å²) in [5.74, 6) is 1.35. The maximum absolute atomic E-state index is 11.7. The number of hydrogen-bond donors (Lipinski definition) is 1. The van der Waals surface area contributed by atoms with Gasteiger partial charge in [0.1, 0.15) is 5.78 Å². The molecule has 0 amide bonds. The molecule has 1 aliphatic heterocycles. The third-order valence-corrected chi connectivity index (χ3v) is 3.92. The van der Waals surface area contributed by atoms with Crippen molar-refractivity contribution in [2.24, 2.45) is 5.92 Å². The number of ketones is 1. The van der Waals surface area contributed by atoms with Crippen molar-refractivity contribution in [3.05, 3.63) is 35.4 Å². The van der Waals surface area contributed by atoms with Crippen LogP contribution < -0.4 is 5.32 Å². The van der Waals surface area contributed by atoms with Gasteiger partial charge < -0.3 is 5.32 Å². The number of carbonyl (C=O) groups is 1. The fourth-order valence-electron chi connectivity index (χ4n) is 2.94. The highest BCUT2D eigenvalue weighted by molar-refractivity contribution is 5.82. The second kappa shape index (κ2) is 4.02. The van der Waals surface area contributed by atoms with Gasteiger partial charge >= 0.3 is 0 Å². The van der Waals surface area contributed by atoms with Crippen molar-refractivity contribution in [2.45, 2.75) is 25.2 Å².